The lowest BCUT2D eigenvalue weighted by Crippen LogP contribution is -2.16. The number of benzene rings is 1. The number of carbonyl (C=O) groups is 1. The number of anilines is 1. The number of ketones is 1. The maximum absolute atomic E-state index is 12.1. The standard InChI is InChI=1S/C11H12BrNOS/c12-8-4-1-3-7(10(8)13)11(14)9-5-2-6-15-9/h1,3-4,9H,2,5-6,13H2. The molecule has 2 rings (SSSR count). The largest absolute Gasteiger partial charge is 0.397 e. The number of hydrogen-bond acceptors (Lipinski definition) is 3. The Morgan fingerprint density at radius 3 is 3.00 bits per heavy atom. The number of carbonyl (C=O) groups excluding carboxylic acids is 1. The van der Waals surface area contributed by atoms with Crippen LogP contribution in [0.4, 0.5) is 5.69 Å². The number of hydrogen-bond donors (Lipinski definition) is 1. The Hall–Kier alpha value is -0.480. The van der Waals surface area contributed by atoms with Crippen molar-refractivity contribution in [2.75, 3.05) is 11.5 Å². The van der Waals surface area contributed by atoms with E-state index < -0.39 is 0 Å². The van der Waals surface area contributed by atoms with Crippen molar-refractivity contribution in [2.24, 2.45) is 0 Å². The van der Waals surface area contributed by atoms with Gasteiger partial charge >= 0.3 is 0 Å². The summed E-state index contributed by atoms with van der Waals surface area (Å²) in [6, 6.07) is 5.52. The summed E-state index contributed by atoms with van der Waals surface area (Å²) in [7, 11) is 0. The monoisotopic (exact) mass is 285 g/mol. The van der Waals surface area contributed by atoms with Crippen LogP contribution in [-0.4, -0.2) is 16.8 Å². The van der Waals surface area contributed by atoms with E-state index in [1.165, 1.54) is 0 Å². The average molecular weight is 286 g/mol. The van der Waals surface area contributed by atoms with Gasteiger partial charge < -0.3 is 5.73 Å². The second-order valence-electron chi connectivity index (χ2n) is 3.57. The molecule has 1 saturated heterocycles. The Kier molecular flexibility index (Phi) is 3.36. The lowest BCUT2D eigenvalue weighted by molar-refractivity contribution is 0.0989. The van der Waals surface area contributed by atoms with E-state index in [1.807, 2.05) is 12.1 Å². The summed E-state index contributed by atoms with van der Waals surface area (Å²) >= 11 is 5.08. The van der Waals surface area contributed by atoms with Crippen LogP contribution < -0.4 is 5.73 Å². The predicted octanol–water partition coefficient (Wildman–Crippen LogP) is 3.11. The molecule has 2 N–H and O–H groups in total. The summed E-state index contributed by atoms with van der Waals surface area (Å²) in [5, 5.41) is 0.113. The molecule has 1 aromatic carbocycles. The smallest absolute Gasteiger partial charge is 0.177 e. The van der Waals surface area contributed by atoms with Crippen LogP contribution in [0.2, 0.25) is 0 Å². The molecular formula is C11H12BrNOS. The molecule has 0 amide bonds. The quantitative estimate of drug-likeness (QED) is 0.671. The number of rotatable bonds is 2. The van der Waals surface area contributed by atoms with Gasteiger partial charge in [0.2, 0.25) is 0 Å². The number of nitrogen functional groups attached to an aromatic ring is 1. The molecule has 1 aromatic rings. The molecule has 15 heavy (non-hydrogen) atoms. The van der Waals surface area contributed by atoms with Gasteiger partial charge in [0, 0.05) is 10.0 Å². The SMILES string of the molecule is Nc1c(Br)cccc1C(=O)C1CCCS1. The van der Waals surface area contributed by atoms with Crippen LogP contribution in [0, 0.1) is 0 Å². The molecule has 0 bridgehead atoms. The molecule has 80 valence electrons. The summed E-state index contributed by atoms with van der Waals surface area (Å²) in [6.45, 7) is 0. The second kappa shape index (κ2) is 4.58. The molecule has 1 atom stereocenters. The molecular weight excluding hydrogens is 274 g/mol. The van der Waals surface area contributed by atoms with Gasteiger partial charge in [-0.05, 0) is 46.7 Å². The lowest BCUT2D eigenvalue weighted by Gasteiger charge is -2.10. The van der Waals surface area contributed by atoms with Gasteiger partial charge in [-0.25, -0.2) is 0 Å². The maximum Gasteiger partial charge on any atom is 0.177 e. The molecule has 0 radical (unpaired) electrons. The van der Waals surface area contributed by atoms with Crippen LogP contribution in [0.15, 0.2) is 22.7 Å². The Morgan fingerprint density at radius 1 is 1.53 bits per heavy atom. The first kappa shape index (κ1) is 11.0. The summed E-state index contributed by atoms with van der Waals surface area (Å²) in [5.74, 6) is 1.26. The molecule has 1 aliphatic heterocycles. The fourth-order valence-electron chi connectivity index (χ4n) is 1.71. The number of para-hydroxylation sites is 1. The average Bonchev–Trinajstić information content (AvgIpc) is 2.74. The Bertz CT molecular complexity index is 388. The Morgan fingerprint density at radius 2 is 2.33 bits per heavy atom. The third-order valence-corrected chi connectivity index (χ3v) is 4.61. The van der Waals surface area contributed by atoms with E-state index >= 15 is 0 Å². The highest BCUT2D eigenvalue weighted by Gasteiger charge is 2.26. The molecule has 1 fully saturated rings. The maximum atomic E-state index is 12.1. The van der Waals surface area contributed by atoms with Crippen molar-refractivity contribution < 1.29 is 4.79 Å². The fourth-order valence-corrected chi connectivity index (χ4v) is 3.31. The van der Waals surface area contributed by atoms with E-state index in [4.69, 9.17) is 5.73 Å². The first-order chi connectivity index (χ1) is 7.20. The van der Waals surface area contributed by atoms with Crippen LogP contribution in [0.1, 0.15) is 23.2 Å². The number of halogens is 1. The van der Waals surface area contributed by atoms with Crippen molar-refractivity contribution in [1.29, 1.82) is 0 Å². The van der Waals surface area contributed by atoms with E-state index in [1.54, 1.807) is 17.8 Å². The van der Waals surface area contributed by atoms with Gasteiger partial charge in [-0.2, -0.15) is 11.8 Å². The van der Waals surface area contributed by atoms with E-state index in [0.717, 1.165) is 23.1 Å². The number of nitrogens with two attached hydrogens (primary N) is 1. The number of thioether (sulfide) groups is 1. The molecule has 1 unspecified atom stereocenters. The minimum atomic E-state index is 0.113. The van der Waals surface area contributed by atoms with Gasteiger partial charge in [0.05, 0.1) is 10.9 Å². The van der Waals surface area contributed by atoms with Crippen molar-refractivity contribution in [3.05, 3.63) is 28.2 Å². The lowest BCUT2D eigenvalue weighted by atomic mass is 10.0. The highest BCUT2D eigenvalue weighted by atomic mass is 79.9. The summed E-state index contributed by atoms with van der Waals surface area (Å²) in [4.78, 5) is 12.1. The molecule has 1 aliphatic rings. The summed E-state index contributed by atoms with van der Waals surface area (Å²) in [6.07, 6.45) is 2.12. The van der Waals surface area contributed by atoms with Crippen LogP contribution in [-0.2, 0) is 0 Å². The fraction of sp³-hybridized carbons (Fsp3) is 0.364. The highest BCUT2D eigenvalue weighted by molar-refractivity contribution is 9.10. The third-order valence-electron chi connectivity index (χ3n) is 2.54. The van der Waals surface area contributed by atoms with Gasteiger partial charge in [0.25, 0.3) is 0 Å². The molecule has 0 saturated carbocycles. The van der Waals surface area contributed by atoms with Crippen molar-refractivity contribution in [3.63, 3.8) is 0 Å². The molecule has 0 aromatic heterocycles. The van der Waals surface area contributed by atoms with Gasteiger partial charge in [0.15, 0.2) is 5.78 Å². The zero-order valence-electron chi connectivity index (χ0n) is 8.20. The van der Waals surface area contributed by atoms with Crippen LogP contribution in [0.25, 0.3) is 0 Å². The van der Waals surface area contributed by atoms with E-state index in [9.17, 15) is 4.79 Å². The minimum Gasteiger partial charge on any atom is -0.397 e. The van der Waals surface area contributed by atoms with Crippen molar-refractivity contribution in [2.45, 2.75) is 18.1 Å². The van der Waals surface area contributed by atoms with Gasteiger partial charge in [-0.15, -0.1) is 0 Å². The molecule has 4 heteroatoms. The van der Waals surface area contributed by atoms with Crippen molar-refractivity contribution >= 4 is 39.2 Å². The highest BCUT2D eigenvalue weighted by Crippen LogP contribution is 2.32. The van der Waals surface area contributed by atoms with Crippen LogP contribution in [0.3, 0.4) is 0 Å². The summed E-state index contributed by atoms with van der Waals surface area (Å²) < 4.78 is 0.802. The molecule has 0 aliphatic carbocycles. The zero-order valence-corrected chi connectivity index (χ0v) is 10.6. The van der Waals surface area contributed by atoms with E-state index in [2.05, 4.69) is 15.9 Å². The van der Waals surface area contributed by atoms with Gasteiger partial charge in [-0.3, -0.25) is 4.79 Å². The topological polar surface area (TPSA) is 43.1 Å². The van der Waals surface area contributed by atoms with Crippen LogP contribution >= 0.6 is 27.7 Å². The van der Waals surface area contributed by atoms with Crippen LogP contribution in [0.5, 0.6) is 0 Å². The minimum absolute atomic E-state index is 0.113. The number of Topliss-reactive ketones (excluding diaryl/α,β-unsaturated/α-hetero) is 1. The molecule has 0 spiro atoms. The van der Waals surface area contributed by atoms with Crippen molar-refractivity contribution in [1.82, 2.24) is 0 Å². The second-order valence-corrected chi connectivity index (χ2v) is 5.73. The van der Waals surface area contributed by atoms with Crippen molar-refractivity contribution in [3.8, 4) is 0 Å². The Labute approximate surface area is 102 Å². The molecule has 2 nitrogen and oxygen atoms in total. The summed E-state index contributed by atoms with van der Waals surface area (Å²) in [5.41, 5.74) is 7.10. The first-order valence-corrected chi connectivity index (χ1v) is 6.74. The molecule has 1 heterocycles. The van der Waals surface area contributed by atoms with E-state index in [0.29, 0.717) is 11.3 Å². The van der Waals surface area contributed by atoms with E-state index in [-0.39, 0.29) is 11.0 Å². The first-order valence-electron chi connectivity index (χ1n) is 4.90. The van der Waals surface area contributed by atoms with Gasteiger partial charge in [-0.1, -0.05) is 6.07 Å². The van der Waals surface area contributed by atoms with Gasteiger partial charge in [0.1, 0.15) is 0 Å². The zero-order chi connectivity index (χ0) is 10.8. The normalized spacial score (nSPS) is 20.5. The predicted molar refractivity (Wildman–Crippen MR) is 68.4 cm³/mol. The third kappa shape index (κ3) is 2.21. The Balaban J connectivity index is 2.28.